The first-order valence-corrected chi connectivity index (χ1v) is 14.5. The molecule has 0 heterocycles. The molecule has 2 nitrogen and oxygen atoms in total. The molecule has 1 unspecified atom stereocenters. The molecule has 0 aromatic rings. The number of nitroso groups, excluding NO2 is 1. The van der Waals surface area contributed by atoms with E-state index in [9.17, 15) is 4.91 Å². The van der Waals surface area contributed by atoms with Crippen LogP contribution in [0.3, 0.4) is 0 Å². The number of rotatable bonds is 26. The van der Waals surface area contributed by atoms with E-state index in [2.05, 4.69) is 25.9 Å². The molecule has 0 aromatic carbocycles. The summed E-state index contributed by atoms with van der Waals surface area (Å²) in [5.41, 5.74) is 0.157. The van der Waals surface area contributed by atoms with Gasteiger partial charge in [0.25, 0.3) is 0 Å². The van der Waals surface area contributed by atoms with Crippen LogP contribution in [0.1, 0.15) is 175 Å². The van der Waals surface area contributed by atoms with Crippen molar-refractivity contribution in [2.75, 3.05) is 6.54 Å². The summed E-state index contributed by atoms with van der Waals surface area (Å²) in [5.74, 6) is 0. The molecule has 0 saturated carbocycles. The standard InChI is InChI=1S/C29H59NO/c1-4-6-7-8-9-10-11-12-13-14-15-16-17-18-19-20-21-22-23-24-25-27-29(3,26-5-2)28-30-31/h4-28H2,1-3H3. The molecule has 0 bridgehead atoms. The topological polar surface area (TPSA) is 29.4 Å². The summed E-state index contributed by atoms with van der Waals surface area (Å²) in [5, 5.41) is 3.18. The molecule has 0 saturated heterocycles. The average molecular weight is 438 g/mol. The van der Waals surface area contributed by atoms with Gasteiger partial charge < -0.3 is 0 Å². The highest BCUT2D eigenvalue weighted by Crippen LogP contribution is 2.30. The predicted octanol–water partition coefficient (Wildman–Crippen LogP) is 11.2. The fourth-order valence-corrected chi connectivity index (χ4v) is 5.03. The van der Waals surface area contributed by atoms with E-state index in [4.69, 9.17) is 0 Å². The minimum Gasteiger partial charge on any atom is -0.151 e. The molecule has 0 fully saturated rings. The van der Waals surface area contributed by atoms with Crippen molar-refractivity contribution in [3.63, 3.8) is 0 Å². The van der Waals surface area contributed by atoms with Crippen LogP contribution in [-0.4, -0.2) is 6.54 Å². The lowest BCUT2D eigenvalue weighted by atomic mass is 9.80. The van der Waals surface area contributed by atoms with Crippen LogP contribution < -0.4 is 0 Å². The van der Waals surface area contributed by atoms with Crippen LogP contribution in [0.2, 0.25) is 0 Å². The average Bonchev–Trinajstić information content (AvgIpc) is 2.75. The minimum atomic E-state index is 0.157. The number of nitrogens with zero attached hydrogens (tertiary/aromatic N) is 1. The largest absolute Gasteiger partial charge is 0.151 e. The summed E-state index contributed by atoms with van der Waals surface area (Å²) in [6.45, 7) is 7.25. The van der Waals surface area contributed by atoms with Crippen LogP contribution in [0, 0.1) is 10.3 Å². The zero-order valence-electron chi connectivity index (χ0n) is 22.0. The van der Waals surface area contributed by atoms with Gasteiger partial charge in [0.05, 0.1) is 6.54 Å². The van der Waals surface area contributed by atoms with E-state index in [-0.39, 0.29) is 5.41 Å². The van der Waals surface area contributed by atoms with Gasteiger partial charge >= 0.3 is 0 Å². The Kier molecular flexibility index (Phi) is 23.9. The SMILES string of the molecule is CCCCCCCCCCCCCCCCCCCCCCCC(C)(CCC)CN=O. The zero-order chi connectivity index (χ0) is 22.9. The third kappa shape index (κ3) is 22.6. The van der Waals surface area contributed by atoms with E-state index < -0.39 is 0 Å². The molecule has 2 heteroatoms. The molecule has 31 heavy (non-hydrogen) atoms. The maximum absolute atomic E-state index is 10.7. The highest BCUT2D eigenvalue weighted by molar-refractivity contribution is 4.76. The van der Waals surface area contributed by atoms with Gasteiger partial charge in [0.2, 0.25) is 0 Å². The Bertz CT molecular complexity index is 357. The second kappa shape index (κ2) is 24.2. The van der Waals surface area contributed by atoms with Crippen LogP contribution in [0.15, 0.2) is 5.18 Å². The van der Waals surface area contributed by atoms with Crippen molar-refractivity contribution in [3.05, 3.63) is 4.91 Å². The van der Waals surface area contributed by atoms with Crippen molar-refractivity contribution >= 4 is 0 Å². The summed E-state index contributed by atoms with van der Waals surface area (Å²) in [4.78, 5) is 10.7. The minimum absolute atomic E-state index is 0.157. The normalized spacial score (nSPS) is 13.4. The zero-order valence-corrected chi connectivity index (χ0v) is 22.0. The van der Waals surface area contributed by atoms with Crippen molar-refractivity contribution in [2.24, 2.45) is 10.6 Å². The summed E-state index contributed by atoms with van der Waals surface area (Å²) in [6, 6.07) is 0. The van der Waals surface area contributed by atoms with Crippen LogP contribution in [0.5, 0.6) is 0 Å². The van der Waals surface area contributed by atoms with Gasteiger partial charge in [-0.2, -0.15) is 4.91 Å². The first-order valence-electron chi connectivity index (χ1n) is 14.5. The van der Waals surface area contributed by atoms with E-state index in [1.165, 1.54) is 141 Å². The van der Waals surface area contributed by atoms with Gasteiger partial charge in [-0.25, -0.2) is 0 Å². The van der Waals surface area contributed by atoms with Gasteiger partial charge in [0, 0.05) is 0 Å². The maximum Gasteiger partial charge on any atom is 0.0864 e. The highest BCUT2D eigenvalue weighted by Gasteiger charge is 2.22. The molecule has 0 spiro atoms. The lowest BCUT2D eigenvalue weighted by molar-refractivity contribution is 0.269. The summed E-state index contributed by atoms with van der Waals surface area (Å²) in [7, 11) is 0. The first kappa shape index (κ1) is 30.6. The maximum atomic E-state index is 10.7. The molecular formula is C29H59NO. The molecule has 0 amide bonds. The van der Waals surface area contributed by atoms with Gasteiger partial charge in [-0.15, -0.1) is 0 Å². The third-order valence-corrected chi connectivity index (χ3v) is 7.18. The highest BCUT2D eigenvalue weighted by atomic mass is 16.3. The second-order valence-electron chi connectivity index (χ2n) is 10.7. The molecule has 0 aliphatic rings. The molecule has 0 aliphatic carbocycles. The van der Waals surface area contributed by atoms with Gasteiger partial charge in [-0.1, -0.05) is 167 Å². The van der Waals surface area contributed by atoms with Crippen molar-refractivity contribution < 1.29 is 0 Å². The molecule has 0 rings (SSSR count). The lowest BCUT2D eigenvalue weighted by Gasteiger charge is -2.26. The van der Waals surface area contributed by atoms with Crippen LogP contribution in [0.4, 0.5) is 0 Å². The van der Waals surface area contributed by atoms with Crippen molar-refractivity contribution in [3.8, 4) is 0 Å². The summed E-state index contributed by atoms with van der Waals surface area (Å²) in [6.07, 6.45) is 33.5. The van der Waals surface area contributed by atoms with Crippen LogP contribution >= 0.6 is 0 Å². The Morgan fingerprint density at radius 3 is 1.06 bits per heavy atom. The number of hydrogen-bond donors (Lipinski definition) is 0. The van der Waals surface area contributed by atoms with Crippen molar-refractivity contribution in [2.45, 2.75) is 175 Å². The molecule has 1 atom stereocenters. The van der Waals surface area contributed by atoms with Gasteiger partial charge in [-0.3, -0.25) is 0 Å². The molecule has 0 N–H and O–H groups in total. The van der Waals surface area contributed by atoms with E-state index in [1.807, 2.05) is 0 Å². The second-order valence-corrected chi connectivity index (χ2v) is 10.7. The fraction of sp³-hybridized carbons (Fsp3) is 1.00. The molecule has 0 aliphatic heterocycles. The van der Waals surface area contributed by atoms with Crippen LogP contribution in [0.25, 0.3) is 0 Å². The third-order valence-electron chi connectivity index (χ3n) is 7.18. The lowest BCUT2D eigenvalue weighted by Crippen LogP contribution is -2.19. The van der Waals surface area contributed by atoms with E-state index >= 15 is 0 Å². The van der Waals surface area contributed by atoms with Gasteiger partial charge in [-0.05, 0) is 18.3 Å². The van der Waals surface area contributed by atoms with E-state index in [0.29, 0.717) is 6.54 Å². The number of hydrogen-bond acceptors (Lipinski definition) is 2. The van der Waals surface area contributed by atoms with Crippen molar-refractivity contribution in [1.82, 2.24) is 0 Å². The summed E-state index contributed by atoms with van der Waals surface area (Å²) < 4.78 is 0. The Morgan fingerprint density at radius 1 is 0.452 bits per heavy atom. The molecule has 0 aromatic heterocycles. The first-order chi connectivity index (χ1) is 15.2. The molecule has 0 radical (unpaired) electrons. The quantitative estimate of drug-likeness (QED) is 0.0976. The smallest absolute Gasteiger partial charge is 0.0864 e. The monoisotopic (exact) mass is 437 g/mol. The Morgan fingerprint density at radius 2 is 0.774 bits per heavy atom. The Hall–Kier alpha value is -0.400. The fourth-order valence-electron chi connectivity index (χ4n) is 5.03. The number of unbranched alkanes of at least 4 members (excludes halogenated alkanes) is 20. The summed E-state index contributed by atoms with van der Waals surface area (Å²) >= 11 is 0. The van der Waals surface area contributed by atoms with Crippen LogP contribution in [-0.2, 0) is 0 Å². The predicted molar refractivity (Wildman–Crippen MR) is 141 cm³/mol. The van der Waals surface area contributed by atoms with Gasteiger partial charge in [0.1, 0.15) is 0 Å². The Balaban J connectivity index is 3.21. The molecule has 186 valence electrons. The van der Waals surface area contributed by atoms with E-state index in [1.54, 1.807) is 0 Å². The van der Waals surface area contributed by atoms with Gasteiger partial charge in [0.15, 0.2) is 0 Å². The molecular weight excluding hydrogens is 378 g/mol. The van der Waals surface area contributed by atoms with E-state index in [0.717, 1.165) is 12.8 Å². The Labute approximate surface area is 197 Å². The van der Waals surface area contributed by atoms with Crippen molar-refractivity contribution in [1.29, 1.82) is 0 Å².